The largest absolute Gasteiger partial charge is 0.444 e. The number of piperazine rings is 1. The summed E-state index contributed by atoms with van der Waals surface area (Å²) >= 11 is 0. The summed E-state index contributed by atoms with van der Waals surface area (Å²) in [6, 6.07) is 4.42. The second kappa shape index (κ2) is 7.38. The third-order valence-corrected chi connectivity index (χ3v) is 4.03. The summed E-state index contributed by atoms with van der Waals surface area (Å²) in [5, 5.41) is 2.80. The molecule has 1 saturated heterocycles. The van der Waals surface area contributed by atoms with Crippen molar-refractivity contribution in [1.29, 1.82) is 0 Å². The quantitative estimate of drug-likeness (QED) is 0.920. The van der Waals surface area contributed by atoms with Gasteiger partial charge in [-0.2, -0.15) is 0 Å². The van der Waals surface area contributed by atoms with Gasteiger partial charge >= 0.3 is 6.09 Å². The van der Waals surface area contributed by atoms with E-state index in [1.165, 1.54) is 12.1 Å². The second-order valence-corrected chi connectivity index (χ2v) is 7.36. The fraction of sp³-hybridized carbons (Fsp3) is 0.611. The predicted molar refractivity (Wildman–Crippen MR) is 93.9 cm³/mol. The molecule has 1 fully saturated rings. The molecule has 6 heteroatoms. The maximum Gasteiger partial charge on any atom is 0.408 e. The molecule has 0 saturated carbocycles. The number of amides is 1. The highest BCUT2D eigenvalue weighted by atomic mass is 19.1. The Labute approximate surface area is 143 Å². The van der Waals surface area contributed by atoms with Gasteiger partial charge in [-0.25, -0.2) is 9.18 Å². The first-order valence-corrected chi connectivity index (χ1v) is 8.38. The molecule has 0 bridgehead atoms. The van der Waals surface area contributed by atoms with E-state index in [1.54, 1.807) is 6.07 Å². The normalized spacial score (nSPS) is 17.5. The number of hydrogen-bond donors (Lipinski definition) is 1. The molecule has 24 heavy (non-hydrogen) atoms. The molecule has 1 aliphatic rings. The van der Waals surface area contributed by atoms with E-state index in [2.05, 4.69) is 22.2 Å². The molecule has 1 aromatic rings. The lowest BCUT2D eigenvalue weighted by molar-refractivity contribution is 0.0508. The van der Waals surface area contributed by atoms with Gasteiger partial charge in [0.05, 0.1) is 6.04 Å². The van der Waals surface area contributed by atoms with E-state index in [4.69, 9.17) is 4.74 Å². The van der Waals surface area contributed by atoms with Crippen LogP contribution in [0, 0.1) is 5.82 Å². The van der Waals surface area contributed by atoms with Gasteiger partial charge in [-0.15, -0.1) is 0 Å². The molecule has 1 N–H and O–H groups in total. The number of carbonyl (C=O) groups excluding carboxylic acids is 1. The van der Waals surface area contributed by atoms with E-state index in [-0.39, 0.29) is 11.9 Å². The van der Waals surface area contributed by atoms with Gasteiger partial charge in [0.25, 0.3) is 0 Å². The Balaban J connectivity index is 2.16. The van der Waals surface area contributed by atoms with Gasteiger partial charge in [-0.3, -0.25) is 0 Å². The zero-order valence-corrected chi connectivity index (χ0v) is 15.2. The smallest absolute Gasteiger partial charge is 0.408 e. The topological polar surface area (TPSA) is 44.8 Å². The Bertz CT molecular complexity index is 578. The Kier molecular flexibility index (Phi) is 5.70. The molecule has 1 atom stereocenters. The molecular formula is C18H28FN3O2. The fourth-order valence-electron chi connectivity index (χ4n) is 2.77. The number of alkyl carbamates (subject to hydrolysis) is 1. The summed E-state index contributed by atoms with van der Waals surface area (Å²) in [5.41, 5.74) is 1.17. The second-order valence-electron chi connectivity index (χ2n) is 7.36. The Morgan fingerprint density at radius 3 is 2.46 bits per heavy atom. The van der Waals surface area contributed by atoms with Crippen LogP contribution in [0.4, 0.5) is 14.9 Å². The first kappa shape index (κ1) is 18.5. The molecule has 0 aliphatic carbocycles. The number of benzene rings is 1. The van der Waals surface area contributed by atoms with Crippen LogP contribution in [0.15, 0.2) is 18.2 Å². The number of nitrogens with one attached hydrogen (secondary N) is 1. The van der Waals surface area contributed by atoms with Crippen molar-refractivity contribution in [3.05, 3.63) is 29.6 Å². The SMILES string of the molecule is CC(NC(=O)OC(C)(C)C)c1cc(F)ccc1N1CCN(C)CC1. The first-order chi connectivity index (χ1) is 11.2. The van der Waals surface area contributed by atoms with Gasteiger partial charge in [-0.05, 0) is 52.9 Å². The number of anilines is 1. The number of rotatable bonds is 3. The number of nitrogens with zero attached hydrogens (tertiary/aromatic N) is 2. The van der Waals surface area contributed by atoms with E-state index < -0.39 is 11.7 Å². The van der Waals surface area contributed by atoms with E-state index in [0.717, 1.165) is 37.4 Å². The van der Waals surface area contributed by atoms with Crippen LogP contribution in [0.1, 0.15) is 39.3 Å². The highest BCUT2D eigenvalue weighted by Crippen LogP contribution is 2.28. The van der Waals surface area contributed by atoms with E-state index >= 15 is 0 Å². The average Bonchev–Trinajstić information content (AvgIpc) is 2.46. The zero-order valence-electron chi connectivity index (χ0n) is 15.2. The maximum absolute atomic E-state index is 13.8. The molecule has 134 valence electrons. The first-order valence-electron chi connectivity index (χ1n) is 8.38. The number of likely N-dealkylation sites (N-methyl/N-ethyl adjacent to an activating group) is 1. The van der Waals surface area contributed by atoms with Crippen LogP contribution in [0.3, 0.4) is 0 Å². The molecule has 2 rings (SSSR count). The van der Waals surface area contributed by atoms with Crippen molar-refractivity contribution in [3.63, 3.8) is 0 Å². The lowest BCUT2D eigenvalue weighted by Crippen LogP contribution is -2.45. The summed E-state index contributed by atoms with van der Waals surface area (Å²) in [6.07, 6.45) is -0.497. The van der Waals surface area contributed by atoms with Crippen molar-refractivity contribution in [2.75, 3.05) is 38.1 Å². The van der Waals surface area contributed by atoms with E-state index in [1.807, 2.05) is 27.7 Å². The van der Waals surface area contributed by atoms with Crippen molar-refractivity contribution in [3.8, 4) is 0 Å². The van der Waals surface area contributed by atoms with Gasteiger partial charge < -0.3 is 19.9 Å². The highest BCUT2D eigenvalue weighted by Gasteiger charge is 2.23. The predicted octanol–water partition coefficient (Wildman–Crippen LogP) is 3.16. The van der Waals surface area contributed by atoms with Gasteiger partial charge in [-0.1, -0.05) is 0 Å². The summed E-state index contributed by atoms with van der Waals surface area (Å²) in [4.78, 5) is 16.5. The van der Waals surface area contributed by atoms with E-state index in [0.29, 0.717) is 0 Å². The van der Waals surface area contributed by atoms with E-state index in [9.17, 15) is 9.18 Å². The van der Waals surface area contributed by atoms with Gasteiger partial charge in [0.1, 0.15) is 11.4 Å². The minimum absolute atomic E-state index is 0.305. The molecule has 0 radical (unpaired) electrons. The van der Waals surface area contributed by atoms with Crippen LogP contribution in [-0.4, -0.2) is 49.8 Å². The molecule has 5 nitrogen and oxygen atoms in total. The Hall–Kier alpha value is -1.82. The Morgan fingerprint density at radius 2 is 1.88 bits per heavy atom. The van der Waals surface area contributed by atoms with Crippen molar-refractivity contribution in [2.45, 2.75) is 39.3 Å². The molecule has 1 aliphatic heterocycles. The lowest BCUT2D eigenvalue weighted by atomic mass is 10.0. The summed E-state index contributed by atoms with van der Waals surface area (Å²) in [7, 11) is 2.09. The molecule has 0 aromatic heterocycles. The fourth-order valence-corrected chi connectivity index (χ4v) is 2.77. The van der Waals surface area contributed by atoms with Crippen molar-refractivity contribution in [2.24, 2.45) is 0 Å². The summed E-state index contributed by atoms with van der Waals surface area (Å²) < 4.78 is 19.1. The Morgan fingerprint density at radius 1 is 1.25 bits per heavy atom. The molecule has 1 unspecified atom stereocenters. The number of ether oxygens (including phenoxy) is 1. The minimum atomic E-state index is -0.563. The standard InChI is InChI=1S/C18H28FN3O2/c1-13(20-17(23)24-18(2,3)4)15-12-14(19)6-7-16(15)22-10-8-21(5)9-11-22/h6-7,12-13H,8-11H2,1-5H3,(H,20,23). The van der Waals surface area contributed by atoms with Crippen LogP contribution >= 0.6 is 0 Å². The van der Waals surface area contributed by atoms with Gasteiger partial charge in [0, 0.05) is 37.4 Å². The van der Waals surface area contributed by atoms with Crippen LogP contribution in [0.5, 0.6) is 0 Å². The third kappa shape index (κ3) is 5.09. The number of hydrogen-bond acceptors (Lipinski definition) is 4. The van der Waals surface area contributed by atoms with Crippen LogP contribution in [0.25, 0.3) is 0 Å². The minimum Gasteiger partial charge on any atom is -0.444 e. The van der Waals surface area contributed by atoms with Gasteiger partial charge in [0.15, 0.2) is 0 Å². The van der Waals surface area contributed by atoms with Crippen molar-refractivity contribution >= 4 is 11.8 Å². The molecule has 1 aromatic carbocycles. The number of carbonyl (C=O) groups is 1. The molecule has 0 spiro atoms. The van der Waals surface area contributed by atoms with Gasteiger partial charge in [0.2, 0.25) is 0 Å². The average molecular weight is 337 g/mol. The molecule has 1 heterocycles. The van der Waals surface area contributed by atoms with Crippen molar-refractivity contribution in [1.82, 2.24) is 10.2 Å². The maximum atomic E-state index is 13.8. The van der Waals surface area contributed by atoms with Crippen molar-refractivity contribution < 1.29 is 13.9 Å². The monoisotopic (exact) mass is 337 g/mol. The zero-order chi connectivity index (χ0) is 17.9. The molecule has 1 amide bonds. The summed E-state index contributed by atoms with van der Waals surface area (Å²) in [6.45, 7) is 11.0. The molecular weight excluding hydrogens is 309 g/mol. The summed E-state index contributed by atoms with van der Waals surface area (Å²) in [5.74, 6) is -0.305. The van der Waals surface area contributed by atoms with Crippen LogP contribution < -0.4 is 10.2 Å². The number of halogens is 1. The third-order valence-electron chi connectivity index (χ3n) is 4.03. The van der Waals surface area contributed by atoms with Crippen LogP contribution in [-0.2, 0) is 4.74 Å². The van der Waals surface area contributed by atoms with Crippen LogP contribution in [0.2, 0.25) is 0 Å². The highest BCUT2D eigenvalue weighted by molar-refractivity contribution is 5.69. The lowest BCUT2D eigenvalue weighted by Gasteiger charge is -2.36.